The first kappa shape index (κ1) is 22.4. The van der Waals surface area contributed by atoms with Gasteiger partial charge in [-0.3, -0.25) is 4.79 Å². The van der Waals surface area contributed by atoms with Crippen molar-refractivity contribution in [3.63, 3.8) is 0 Å². The molecule has 4 rings (SSSR count). The first-order chi connectivity index (χ1) is 15.4. The predicted octanol–water partition coefficient (Wildman–Crippen LogP) is 4.82. The van der Waals surface area contributed by atoms with Crippen molar-refractivity contribution < 1.29 is 9.53 Å². The summed E-state index contributed by atoms with van der Waals surface area (Å²) in [4.78, 5) is 17.7. The Bertz CT molecular complexity index is 1180. The lowest BCUT2D eigenvalue weighted by molar-refractivity contribution is -0.113. The molecule has 3 aromatic rings. The molecular formula is C24H29N5O2S. The van der Waals surface area contributed by atoms with Crippen molar-refractivity contribution in [1.82, 2.24) is 14.1 Å². The number of ether oxygens (including phenoxy) is 1. The second-order valence-corrected chi connectivity index (χ2v) is 9.42. The van der Waals surface area contributed by atoms with E-state index in [2.05, 4.69) is 35.9 Å². The third-order valence-corrected chi connectivity index (χ3v) is 6.97. The van der Waals surface area contributed by atoms with E-state index < -0.39 is 0 Å². The number of nitrogens with one attached hydrogen (secondary N) is 1. The summed E-state index contributed by atoms with van der Waals surface area (Å²) in [6, 6.07) is 10.5. The van der Waals surface area contributed by atoms with Crippen molar-refractivity contribution in [1.29, 1.82) is 5.26 Å². The molecule has 1 atom stereocenters. The number of imidazole rings is 1. The van der Waals surface area contributed by atoms with E-state index in [9.17, 15) is 10.1 Å². The summed E-state index contributed by atoms with van der Waals surface area (Å²) >= 11 is 1.41. The van der Waals surface area contributed by atoms with Crippen LogP contribution in [0.15, 0.2) is 29.4 Å². The molecule has 32 heavy (non-hydrogen) atoms. The van der Waals surface area contributed by atoms with Crippen LogP contribution < -0.4 is 5.32 Å². The SMILES string of the molecule is Cc1c(C#N)c(NC(=O)CSc2nc3ccccc3n2C(C)C)n(C[C@H]2CCCO2)c1C. The number of hydrogen-bond donors (Lipinski definition) is 1. The summed E-state index contributed by atoms with van der Waals surface area (Å²) in [6.07, 6.45) is 2.15. The summed E-state index contributed by atoms with van der Waals surface area (Å²) < 4.78 is 9.97. The number of carbonyl (C=O) groups is 1. The smallest absolute Gasteiger partial charge is 0.235 e. The lowest BCUT2D eigenvalue weighted by atomic mass is 10.2. The van der Waals surface area contributed by atoms with Crippen molar-refractivity contribution in [2.75, 3.05) is 17.7 Å². The highest BCUT2D eigenvalue weighted by Gasteiger charge is 2.24. The molecule has 1 saturated heterocycles. The van der Waals surface area contributed by atoms with Crippen molar-refractivity contribution >= 4 is 34.5 Å². The molecule has 1 aliphatic heterocycles. The van der Waals surface area contributed by atoms with Gasteiger partial charge < -0.3 is 19.2 Å². The molecule has 0 spiro atoms. The van der Waals surface area contributed by atoms with E-state index in [1.807, 2.05) is 36.6 Å². The number of nitriles is 1. The van der Waals surface area contributed by atoms with Gasteiger partial charge in [0.05, 0.1) is 35.0 Å². The molecule has 7 nitrogen and oxygen atoms in total. The zero-order valence-corrected chi connectivity index (χ0v) is 19.8. The highest BCUT2D eigenvalue weighted by molar-refractivity contribution is 7.99. The van der Waals surface area contributed by atoms with Crippen LogP contribution in [-0.2, 0) is 16.1 Å². The van der Waals surface area contributed by atoms with E-state index in [1.54, 1.807) is 0 Å². The van der Waals surface area contributed by atoms with Gasteiger partial charge in [0, 0.05) is 18.3 Å². The van der Waals surface area contributed by atoms with E-state index in [0.717, 1.165) is 46.9 Å². The van der Waals surface area contributed by atoms with Gasteiger partial charge in [0.15, 0.2) is 5.16 Å². The first-order valence-corrected chi connectivity index (χ1v) is 12.0. The number of nitrogens with zero attached hydrogens (tertiary/aromatic N) is 4. The Morgan fingerprint density at radius 1 is 1.38 bits per heavy atom. The third kappa shape index (κ3) is 4.27. The van der Waals surface area contributed by atoms with Crippen LogP contribution in [0, 0.1) is 25.2 Å². The maximum atomic E-state index is 12.9. The van der Waals surface area contributed by atoms with Gasteiger partial charge in [-0.25, -0.2) is 4.98 Å². The number of para-hydroxylation sites is 2. The maximum absolute atomic E-state index is 12.9. The van der Waals surface area contributed by atoms with Crippen LogP contribution in [-0.4, -0.2) is 38.5 Å². The second-order valence-electron chi connectivity index (χ2n) is 8.48. The minimum absolute atomic E-state index is 0.114. The fraction of sp³-hybridized carbons (Fsp3) is 0.458. The van der Waals surface area contributed by atoms with Gasteiger partial charge in [0.2, 0.25) is 5.91 Å². The summed E-state index contributed by atoms with van der Waals surface area (Å²) in [5.74, 6) is 0.630. The van der Waals surface area contributed by atoms with Crippen molar-refractivity contribution in [3.05, 3.63) is 41.1 Å². The standard InChI is InChI=1S/C24H29N5O2S/c1-15(2)29-21-10-6-5-9-20(21)26-24(29)32-14-22(30)27-23-19(12-25)16(3)17(4)28(23)13-18-8-7-11-31-18/h5-6,9-10,15,18H,7-8,11,13-14H2,1-4H3,(H,27,30)/t18-/m1/s1. The molecule has 1 aliphatic rings. The monoisotopic (exact) mass is 451 g/mol. The van der Waals surface area contributed by atoms with E-state index in [4.69, 9.17) is 9.72 Å². The molecule has 168 valence electrons. The van der Waals surface area contributed by atoms with Crippen LogP contribution in [0.5, 0.6) is 0 Å². The first-order valence-electron chi connectivity index (χ1n) is 11.0. The highest BCUT2D eigenvalue weighted by Crippen LogP contribution is 2.30. The van der Waals surface area contributed by atoms with Crippen molar-refractivity contribution in [2.24, 2.45) is 0 Å². The molecule has 8 heteroatoms. The number of hydrogen-bond acceptors (Lipinski definition) is 5. The average Bonchev–Trinajstić information content (AvgIpc) is 3.46. The number of amides is 1. The van der Waals surface area contributed by atoms with E-state index in [-0.39, 0.29) is 23.8 Å². The van der Waals surface area contributed by atoms with Crippen LogP contribution >= 0.6 is 11.8 Å². The van der Waals surface area contributed by atoms with E-state index >= 15 is 0 Å². The Hall–Kier alpha value is -2.76. The minimum atomic E-state index is -0.153. The molecular weight excluding hydrogens is 422 g/mol. The molecule has 1 aromatic carbocycles. The summed E-state index contributed by atoms with van der Waals surface area (Å²) in [5, 5.41) is 13.6. The number of rotatable bonds is 7. The predicted molar refractivity (Wildman–Crippen MR) is 127 cm³/mol. The number of fused-ring (bicyclic) bond motifs is 1. The summed E-state index contributed by atoms with van der Waals surface area (Å²) in [7, 11) is 0. The Kier molecular flexibility index (Phi) is 6.58. The van der Waals surface area contributed by atoms with Gasteiger partial charge in [-0.2, -0.15) is 5.26 Å². The third-order valence-electron chi connectivity index (χ3n) is 6.02. The molecule has 1 amide bonds. The largest absolute Gasteiger partial charge is 0.376 e. The quantitative estimate of drug-likeness (QED) is 0.521. The molecule has 0 radical (unpaired) electrons. The molecule has 0 bridgehead atoms. The highest BCUT2D eigenvalue weighted by atomic mass is 32.2. The fourth-order valence-electron chi connectivity index (χ4n) is 4.27. The number of aromatic nitrogens is 3. The zero-order chi connectivity index (χ0) is 22.8. The van der Waals surface area contributed by atoms with E-state index in [1.165, 1.54) is 11.8 Å². The molecule has 1 fully saturated rings. The van der Waals surface area contributed by atoms with Gasteiger partial charge in [0.25, 0.3) is 0 Å². The maximum Gasteiger partial charge on any atom is 0.235 e. The molecule has 0 saturated carbocycles. The number of thioether (sulfide) groups is 1. The van der Waals surface area contributed by atoms with Crippen LogP contribution in [0.4, 0.5) is 5.82 Å². The topological polar surface area (TPSA) is 84.9 Å². The normalized spacial score (nSPS) is 16.1. The van der Waals surface area contributed by atoms with Crippen LogP contribution in [0.1, 0.15) is 49.6 Å². The van der Waals surface area contributed by atoms with Crippen LogP contribution in [0.3, 0.4) is 0 Å². The molecule has 0 aliphatic carbocycles. The van der Waals surface area contributed by atoms with Crippen molar-refractivity contribution in [2.45, 2.75) is 64.4 Å². The average molecular weight is 452 g/mol. The molecule has 2 aromatic heterocycles. The molecule has 3 heterocycles. The van der Waals surface area contributed by atoms with Crippen molar-refractivity contribution in [3.8, 4) is 6.07 Å². The van der Waals surface area contributed by atoms with Gasteiger partial charge in [-0.05, 0) is 58.2 Å². The number of anilines is 1. The summed E-state index contributed by atoms with van der Waals surface area (Å²) in [6.45, 7) is 9.54. The zero-order valence-electron chi connectivity index (χ0n) is 19.0. The summed E-state index contributed by atoms with van der Waals surface area (Å²) in [5.41, 5.74) is 4.39. The van der Waals surface area contributed by atoms with Gasteiger partial charge >= 0.3 is 0 Å². The fourth-order valence-corrected chi connectivity index (χ4v) is 5.22. The van der Waals surface area contributed by atoms with Gasteiger partial charge in [0.1, 0.15) is 11.9 Å². The van der Waals surface area contributed by atoms with Gasteiger partial charge in [-0.1, -0.05) is 23.9 Å². The lowest BCUT2D eigenvalue weighted by Gasteiger charge is -2.17. The van der Waals surface area contributed by atoms with Crippen LogP contribution in [0.25, 0.3) is 11.0 Å². The van der Waals surface area contributed by atoms with Crippen LogP contribution in [0.2, 0.25) is 0 Å². The van der Waals surface area contributed by atoms with Gasteiger partial charge in [-0.15, -0.1) is 0 Å². The Morgan fingerprint density at radius 2 is 2.16 bits per heavy atom. The Labute approximate surface area is 192 Å². The lowest BCUT2D eigenvalue weighted by Crippen LogP contribution is -2.22. The molecule has 0 unspecified atom stereocenters. The Morgan fingerprint density at radius 3 is 2.84 bits per heavy atom. The second kappa shape index (κ2) is 9.39. The van der Waals surface area contributed by atoms with E-state index in [0.29, 0.717) is 17.9 Å². The molecule has 1 N–H and O–H groups in total. The number of carbonyl (C=O) groups excluding carboxylic acids is 1. The number of benzene rings is 1. The minimum Gasteiger partial charge on any atom is -0.376 e. The Balaban J connectivity index is 1.54.